The molecule has 0 radical (unpaired) electrons. The van der Waals surface area contributed by atoms with Gasteiger partial charge < -0.3 is 10.2 Å². The normalized spacial score (nSPS) is 17.7. The van der Waals surface area contributed by atoms with Crippen molar-refractivity contribution in [2.24, 2.45) is 0 Å². The van der Waals surface area contributed by atoms with Crippen molar-refractivity contribution in [1.29, 1.82) is 0 Å². The summed E-state index contributed by atoms with van der Waals surface area (Å²) >= 11 is 0. The third-order valence-electron chi connectivity index (χ3n) is 3.04. The van der Waals surface area contributed by atoms with Crippen LogP contribution in [0.3, 0.4) is 0 Å². The number of nitrogens with zero attached hydrogens (tertiary/aromatic N) is 2. The van der Waals surface area contributed by atoms with Crippen LogP contribution in [0, 0.1) is 0 Å². The van der Waals surface area contributed by atoms with Crippen LogP contribution >= 0.6 is 0 Å². The maximum atomic E-state index is 4.55. The zero-order valence-corrected chi connectivity index (χ0v) is 9.53. The van der Waals surface area contributed by atoms with Crippen molar-refractivity contribution >= 4 is 5.69 Å². The second-order valence-electron chi connectivity index (χ2n) is 4.36. The van der Waals surface area contributed by atoms with Crippen LogP contribution in [-0.2, 0) is 0 Å². The van der Waals surface area contributed by atoms with Gasteiger partial charge in [0.05, 0.1) is 11.9 Å². The lowest BCUT2D eigenvalue weighted by atomic mass is 9.94. The van der Waals surface area contributed by atoms with Gasteiger partial charge in [-0.25, -0.2) is 0 Å². The Labute approximate surface area is 91.5 Å². The van der Waals surface area contributed by atoms with Crippen molar-refractivity contribution in [2.45, 2.75) is 18.8 Å². The van der Waals surface area contributed by atoms with E-state index in [1.807, 2.05) is 20.3 Å². The standard InChI is InChI=1S/C12H19N3/c1-15(2)11-3-4-12(14-9-11)10-5-7-13-8-6-10/h3-4,9-10,13H,5-8H2,1-2H3. The van der Waals surface area contributed by atoms with Gasteiger partial charge in [0.25, 0.3) is 0 Å². The summed E-state index contributed by atoms with van der Waals surface area (Å²) in [6, 6.07) is 4.33. The van der Waals surface area contributed by atoms with Gasteiger partial charge in [0.15, 0.2) is 0 Å². The third kappa shape index (κ3) is 2.48. The van der Waals surface area contributed by atoms with E-state index in [1.54, 1.807) is 0 Å². The highest BCUT2D eigenvalue weighted by atomic mass is 15.1. The summed E-state index contributed by atoms with van der Waals surface area (Å²) in [5.41, 5.74) is 2.43. The molecular weight excluding hydrogens is 186 g/mol. The molecule has 1 saturated heterocycles. The molecule has 2 heterocycles. The average Bonchev–Trinajstić information content (AvgIpc) is 2.30. The minimum atomic E-state index is 0.655. The number of pyridine rings is 1. The van der Waals surface area contributed by atoms with E-state index < -0.39 is 0 Å². The van der Waals surface area contributed by atoms with E-state index in [4.69, 9.17) is 0 Å². The van der Waals surface area contributed by atoms with Crippen LogP contribution in [-0.4, -0.2) is 32.2 Å². The van der Waals surface area contributed by atoms with Crippen LogP contribution in [0.15, 0.2) is 18.3 Å². The monoisotopic (exact) mass is 205 g/mol. The topological polar surface area (TPSA) is 28.2 Å². The molecule has 15 heavy (non-hydrogen) atoms. The lowest BCUT2D eigenvalue weighted by molar-refractivity contribution is 0.453. The molecule has 0 atom stereocenters. The minimum Gasteiger partial charge on any atom is -0.376 e. The fourth-order valence-corrected chi connectivity index (χ4v) is 2.02. The molecular formula is C12H19N3. The molecule has 0 spiro atoms. The van der Waals surface area contributed by atoms with Crippen LogP contribution in [0.1, 0.15) is 24.5 Å². The van der Waals surface area contributed by atoms with E-state index >= 15 is 0 Å². The summed E-state index contributed by atoms with van der Waals surface area (Å²) in [5, 5.41) is 3.38. The zero-order chi connectivity index (χ0) is 10.7. The number of hydrogen-bond acceptors (Lipinski definition) is 3. The summed E-state index contributed by atoms with van der Waals surface area (Å²) in [4.78, 5) is 6.64. The highest BCUT2D eigenvalue weighted by molar-refractivity contribution is 5.42. The van der Waals surface area contributed by atoms with Crippen LogP contribution in [0.2, 0.25) is 0 Å². The van der Waals surface area contributed by atoms with Crippen molar-refractivity contribution in [1.82, 2.24) is 10.3 Å². The van der Waals surface area contributed by atoms with Crippen molar-refractivity contribution in [3.63, 3.8) is 0 Å². The summed E-state index contributed by atoms with van der Waals surface area (Å²) in [7, 11) is 4.09. The first-order chi connectivity index (χ1) is 7.27. The van der Waals surface area contributed by atoms with E-state index in [-0.39, 0.29) is 0 Å². The number of aromatic nitrogens is 1. The molecule has 0 aromatic carbocycles. The molecule has 0 amide bonds. The highest BCUT2D eigenvalue weighted by Gasteiger charge is 2.15. The minimum absolute atomic E-state index is 0.655. The zero-order valence-electron chi connectivity index (χ0n) is 9.53. The summed E-state index contributed by atoms with van der Waals surface area (Å²) < 4.78 is 0. The summed E-state index contributed by atoms with van der Waals surface area (Å²) in [6.07, 6.45) is 4.40. The van der Waals surface area contributed by atoms with Gasteiger partial charge in [0, 0.05) is 25.7 Å². The van der Waals surface area contributed by atoms with Gasteiger partial charge >= 0.3 is 0 Å². The molecule has 0 unspecified atom stereocenters. The quantitative estimate of drug-likeness (QED) is 0.795. The molecule has 1 aromatic rings. The number of rotatable bonds is 2. The molecule has 1 aliphatic heterocycles. The molecule has 1 aromatic heterocycles. The van der Waals surface area contributed by atoms with E-state index in [0.29, 0.717) is 5.92 Å². The lowest BCUT2D eigenvalue weighted by Crippen LogP contribution is -2.27. The molecule has 1 fully saturated rings. The number of anilines is 1. The van der Waals surface area contributed by atoms with Gasteiger partial charge in [-0.1, -0.05) is 0 Å². The Kier molecular flexibility index (Phi) is 3.21. The van der Waals surface area contributed by atoms with Crippen LogP contribution in [0.4, 0.5) is 5.69 Å². The van der Waals surface area contributed by atoms with Gasteiger partial charge in [-0.3, -0.25) is 4.98 Å². The Bertz CT molecular complexity index is 299. The molecule has 0 bridgehead atoms. The predicted molar refractivity (Wildman–Crippen MR) is 63.4 cm³/mol. The first kappa shape index (κ1) is 10.4. The van der Waals surface area contributed by atoms with Crippen molar-refractivity contribution in [3.05, 3.63) is 24.0 Å². The molecule has 1 N–H and O–H groups in total. The molecule has 2 rings (SSSR count). The lowest BCUT2D eigenvalue weighted by Gasteiger charge is -2.22. The van der Waals surface area contributed by atoms with Gasteiger partial charge in [-0.2, -0.15) is 0 Å². The van der Waals surface area contributed by atoms with E-state index in [1.165, 1.54) is 24.2 Å². The van der Waals surface area contributed by atoms with Crippen molar-refractivity contribution in [3.8, 4) is 0 Å². The Hall–Kier alpha value is -1.09. The molecule has 0 saturated carbocycles. The van der Waals surface area contributed by atoms with Crippen LogP contribution in [0.25, 0.3) is 0 Å². The molecule has 3 nitrogen and oxygen atoms in total. The largest absolute Gasteiger partial charge is 0.376 e. The Balaban J connectivity index is 2.08. The van der Waals surface area contributed by atoms with Gasteiger partial charge in [-0.05, 0) is 38.1 Å². The van der Waals surface area contributed by atoms with E-state index in [2.05, 4.69) is 27.3 Å². The molecule has 0 aliphatic carbocycles. The molecule has 1 aliphatic rings. The SMILES string of the molecule is CN(C)c1ccc(C2CCNCC2)nc1. The van der Waals surface area contributed by atoms with Crippen LogP contribution < -0.4 is 10.2 Å². The highest BCUT2D eigenvalue weighted by Crippen LogP contribution is 2.24. The van der Waals surface area contributed by atoms with Gasteiger partial charge in [0.2, 0.25) is 0 Å². The van der Waals surface area contributed by atoms with E-state index in [9.17, 15) is 0 Å². The second-order valence-corrected chi connectivity index (χ2v) is 4.36. The Morgan fingerprint density at radius 3 is 2.53 bits per heavy atom. The maximum Gasteiger partial charge on any atom is 0.0547 e. The predicted octanol–water partition coefficient (Wildman–Crippen LogP) is 1.61. The summed E-state index contributed by atoms with van der Waals surface area (Å²) in [6.45, 7) is 2.25. The number of piperidine rings is 1. The fraction of sp³-hybridized carbons (Fsp3) is 0.583. The van der Waals surface area contributed by atoms with Crippen molar-refractivity contribution in [2.75, 3.05) is 32.1 Å². The summed E-state index contributed by atoms with van der Waals surface area (Å²) in [5.74, 6) is 0.655. The number of nitrogens with one attached hydrogen (secondary N) is 1. The van der Waals surface area contributed by atoms with E-state index in [0.717, 1.165) is 13.1 Å². The Morgan fingerprint density at radius 1 is 1.27 bits per heavy atom. The molecule has 82 valence electrons. The van der Waals surface area contributed by atoms with Crippen LogP contribution in [0.5, 0.6) is 0 Å². The Morgan fingerprint density at radius 2 is 2.00 bits per heavy atom. The first-order valence-corrected chi connectivity index (χ1v) is 5.61. The average molecular weight is 205 g/mol. The number of hydrogen-bond donors (Lipinski definition) is 1. The third-order valence-corrected chi connectivity index (χ3v) is 3.04. The molecule has 3 heteroatoms. The maximum absolute atomic E-state index is 4.55. The van der Waals surface area contributed by atoms with Gasteiger partial charge in [-0.15, -0.1) is 0 Å². The fourth-order valence-electron chi connectivity index (χ4n) is 2.02. The smallest absolute Gasteiger partial charge is 0.0547 e. The van der Waals surface area contributed by atoms with Crippen molar-refractivity contribution < 1.29 is 0 Å². The second kappa shape index (κ2) is 4.62. The first-order valence-electron chi connectivity index (χ1n) is 5.61. The van der Waals surface area contributed by atoms with Gasteiger partial charge in [0.1, 0.15) is 0 Å².